The fourth-order valence-corrected chi connectivity index (χ4v) is 4.05. The number of sulfone groups is 1. The quantitative estimate of drug-likeness (QED) is 0.119. The van der Waals surface area contributed by atoms with Gasteiger partial charge in [0.25, 0.3) is 11.8 Å². The van der Waals surface area contributed by atoms with Crippen molar-refractivity contribution in [3.63, 3.8) is 0 Å². The first-order chi connectivity index (χ1) is 19.1. The summed E-state index contributed by atoms with van der Waals surface area (Å²) in [7, 11) is -3.25. The number of rotatable bonds is 10. The molecule has 3 rings (SSSR count). The van der Waals surface area contributed by atoms with Crippen LogP contribution in [-0.2, 0) is 26.0 Å². The Bertz CT molecular complexity index is 1510. The molecule has 0 radical (unpaired) electrons. The summed E-state index contributed by atoms with van der Waals surface area (Å²) in [6.45, 7) is 0.310. The number of hydrogen-bond acceptors (Lipinski definition) is 8. The molecule has 11 nitrogen and oxygen atoms in total. The fraction of sp³-hybridized carbons (Fsp3) is 0.207. The highest BCUT2D eigenvalue weighted by atomic mass is 32.2. The Morgan fingerprint density at radius 3 is 1.98 bits per heavy atom. The maximum atomic E-state index is 12.3. The van der Waals surface area contributed by atoms with Crippen LogP contribution in [-0.4, -0.2) is 56.7 Å². The lowest BCUT2D eigenvalue weighted by molar-refractivity contribution is -0.130. The molecule has 7 N–H and O–H groups in total. The summed E-state index contributed by atoms with van der Waals surface area (Å²) in [6, 6.07) is 18.8. The number of anilines is 1. The van der Waals surface area contributed by atoms with Gasteiger partial charge in [-0.25, -0.2) is 13.9 Å². The molecular formula is C29H33N5O6S. The average molecular weight is 580 g/mol. The highest BCUT2D eigenvalue weighted by Gasteiger charge is 2.19. The fourth-order valence-electron chi connectivity index (χ4n) is 3.42. The molecule has 12 heteroatoms. The topological polar surface area (TPSA) is 180 Å². The molecule has 0 aliphatic carbocycles. The zero-order valence-corrected chi connectivity index (χ0v) is 22.4. The number of hydrogen-bond donors (Lipinski definition) is 6. The lowest BCUT2D eigenvalue weighted by Gasteiger charge is -2.14. The normalized spacial score (nSPS) is 11.2. The van der Waals surface area contributed by atoms with Crippen molar-refractivity contribution < 1.29 is 28.0 Å². The second-order valence-electron chi connectivity index (χ2n) is 8.71. The summed E-state index contributed by atoms with van der Waals surface area (Å²) >= 11 is 0. The number of carbonyl (C=O) groups is 3. The van der Waals surface area contributed by atoms with Crippen molar-refractivity contribution in [1.82, 2.24) is 16.1 Å². The Hall–Kier alpha value is -4.54. The number of hydroxylamine groups is 1. The lowest BCUT2D eigenvalue weighted by Crippen LogP contribution is -2.50. The first-order valence-corrected chi connectivity index (χ1v) is 13.9. The van der Waals surface area contributed by atoms with Gasteiger partial charge in [-0.05, 0) is 66.2 Å². The van der Waals surface area contributed by atoms with Crippen LogP contribution < -0.4 is 27.2 Å². The van der Waals surface area contributed by atoms with Crippen molar-refractivity contribution in [1.29, 1.82) is 0 Å². The van der Waals surface area contributed by atoms with Crippen LogP contribution in [0.1, 0.15) is 34.5 Å². The van der Waals surface area contributed by atoms with Crippen molar-refractivity contribution in [3.05, 3.63) is 95.1 Å². The second-order valence-corrected chi connectivity index (χ2v) is 10.7. The van der Waals surface area contributed by atoms with Gasteiger partial charge in [0, 0.05) is 41.7 Å². The zero-order chi connectivity index (χ0) is 29.1. The van der Waals surface area contributed by atoms with E-state index in [9.17, 15) is 22.8 Å². The highest BCUT2D eigenvalue weighted by molar-refractivity contribution is 7.90. The van der Waals surface area contributed by atoms with E-state index in [1.807, 2.05) is 0 Å². The van der Waals surface area contributed by atoms with E-state index in [1.165, 1.54) is 17.6 Å². The van der Waals surface area contributed by atoms with Crippen molar-refractivity contribution in [3.8, 4) is 11.8 Å². The molecule has 0 spiro atoms. The molecule has 41 heavy (non-hydrogen) atoms. The predicted octanol–water partition coefficient (Wildman–Crippen LogP) is 1.42. The summed E-state index contributed by atoms with van der Waals surface area (Å²) in [5.41, 5.74) is 10.0. The monoisotopic (exact) mass is 579 g/mol. The molecule has 0 bridgehead atoms. The molecule has 0 unspecified atom stereocenters. The third-order valence-corrected chi connectivity index (χ3v) is 6.73. The van der Waals surface area contributed by atoms with Gasteiger partial charge in [-0.15, -0.1) is 0 Å². The number of nitrogens with one attached hydrogen (secondary N) is 4. The van der Waals surface area contributed by atoms with Crippen LogP contribution >= 0.6 is 0 Å². The van der Waals surface area contributed by atoms with Crippen LogP contribution in [0.25, 0.3) is 0 Å². The first kappa shape index (κ1) is 32.7. The standard InChI is InChI=1S/C28H29N5O6S.CH4/c1-40(38,39)24-14-8-21(9-15-24)17-30-18-26(34)31-23-12-6-20(7-13-23)3-2-19-4-10-22(11-5-19)27(35)32-25(16-29)28(36)33-37;/h4-15,25,30,37H,16-18,29H2,1H3,(H,31,34)(H,32,35)(H,33,36);1H4/t25-;/m0./s1. The van der Waals surface area contributed by atoms with Crippen LogP contribution in [0.4, 0.5) is 5.69 Å². The first-order valence-electron chi connectivity index (χ1n) is 12.1. The molecule has 0 fully saturated rings. The number of nitrogens with two attached hydrogens (primary N) is 1. The molecule has 3 amide bonds. The van der Waals surface area contributed by atoms with E-state index < -0.39 is 27.7 Å². The van der Waals surface area contributed by atoms with Crippen LogP contribution in [0.15, 0.2) is 77.7 Å². The summed E-state index contributed by atoms with van der Waals surface area (Å²) in [5.74, 6) is 4.44. The summed E-state index contributed by atoms with van der Waals surface area (Å²) in [5, 5.41) is 16.9. The van der Waals surface area contributed by atoms with E-state index in [-0.39, 0.29) is 31.3 Å². The molecule has 0 saturated carbocycles. The smallest absolute Gasteiger partial charge is 0.267 e. The third kappa shape index (κ3) is 10.2. The number of carbonyl (C=O) groups excluding carboxylic acids is 3. The Labute approximate surface area is 239 Å². The van der Waals surface area contributed by atoms with Crippen molar-refractivity contribution >= 4 is 33.2 Å². The Morgan fingerprint density at radius 2 is 1.46 bits per heavy atom. The maximum absolute atomic E-state index is 12.3. The maximum Gasteiger partial charge on any atom is 0.267 e. The lowest BCUT2D eigenvalue weighted by atomic mass is 10.1. The largest absolute Gasteiger partial charge is 0.339 e. The minimum absolute atomic E-state index is 0. The van der Waals surface area contributed by atoms with Gasteiger partial charge in [-0.2, -0.15) is 0 Å². The van der Waals surface area contributed by atoms with E-state index in [2.05, 4.69) is 27.8 Å². The van der Waals surface area contributed by atoms with Crippen LogP contribution in [0.2, 0.25) is 0 Å². The zero-order valence-electron chi connectivity index (χ0n) is 21.6. The van der Waals surface area contributed by atoms with Crippen molar-refractivity contribution in [2.75, 3.05) is 24.7 Å². The molecular weight excluding hydrogens is 546 g/mol. The van der Waals surface area contributed by atoms with E-state index in [4.69, 9.17) is 10.9 Å². The van der Waals surface area contributed by atoms with Crippen molar-refractivity contribution in [2.45, 2.75) is 24.9 Å². The molecule has 0 aliphatic rings. The molecule has 3 aromatic rings. The Balaban J connectivity index is 0.00000588. The predicted molar refractivity (Wildman–Crippen MR) is 156 cm³/mol. The van der Waals surface area contributed by atoms with Gasteiger partial charge < -0.3 is 21.7 Å². The van der Waals surface area contributed by atoms with Crippen LogP contribution in [0, 0.1) is 11.8 Å². The Morgan fingerprint density at radius 1 is 0.902 bits per heavy atom. The molecule has 3 aromatic carbocycles. The molecule has 0 aromatic heterocycles. The average Bonchev–Trinajstić information content (AvgIpc) is 2.95. The highest BCUT2D eigenvalue weighted by Crippen LogP contribution is 2.11. The molecule has 216 valence electrons. The van der Waals surface area contributed by atoms with E-state index in [0.717, 1.165) is 17.4 Å². The second kappa shape index (κ2) is 15.3. The van der Waals surface area contributed by atoms with Gasteiger partial charge >= 0.3 is 0 Å². The minimum atomic E-state index is -3.25. The molecule has 0 heterocycles. The van der Waals surface area contributed by atoms with Crippen molar-refractivity contribution in [2.24, 2.45) is 5.73 Å². The van der Waals surface area contributed by atoms with E-state index in [0.29, 0.717) is 23.4 Å². The van der Waals surface area contributed by atoms with Gasteiger partial charge in [-0.1, -0.05) is 31.4 Å². The van der Waals surface area contributed by atoms with E-state index >= 15 is 0 Å². The third-order valence-electron chi connectivity index (χ3n) is 5.60. The minimum Gasteiger partial charge on any atom is -0.339 e. The van der Waals surface area contributed by atoms with Crippen LogP contribution in [0.3, 0.4) is 0 Å². The Kier molecular flexibility index (Phi) is 12.2. The van der Waals surface area contributed by atoms with Gasteiger partial charge in [0.05, 0.1) is 11.4 Å². The summed E-state index contributed by atoms with van der Waals surface area (Å²) in [6.07, 6.45) is 1.15. The molecule has 0 saturated heterocycles. The van der Waals surface area contributed by atoms with Gasteiger partial charge in [0.2, 0.25) is 5.91 Å². The van der Waals surface area contributed by atoms with Crippen LogP contribution in [0.5, 0.6) is 0 Å². The van der Waals surface area contributed by atoms with E-state index in [1.54, 1.807) is 60.7 Å². The van der Waals surface area contributed by atoms with Gasteiger partial charge in [0.1, 0.15) is 6.04 Å². The SMILES string of the molecule is C.CS(=O)(=O)c1ccc(CNCC(=O)Nc2ccc(C#Cc3ccc(C(=O)N[C@@H](CN)C(=O)NO)cc3)cc2)cc1. The summed E-state index contributed by atoms with van der Waals surface area (Å²) in [4.78, 5) is 36.2. The summed E-state index contributed by atoms with van der Waals surface area (Å²) < 4.78 is 23.1. The molecule has 0 aliphatic heterocycles. The molecule has 1 atom stereocenters. The number of amides is 3. The number of benzene rings is 3. The van der Waals surface area contributed by atoms with Gasteiger partial charge in [0.15, 0.2) is 9.84 Å². The van der Waals surface area contributed by atoms with Gasteiger partial charge in [-0.3, -0.25) is 19.6 Å².